The smallest absolute Gasteiger partial charge is 0.217 e. The third-order valence-corrected chi connectivity index (χ3v) is 6.50. The van der Waals surface area contributed by atoms with Gasteiger partial charge in [-0.2, -0.15) is 4.31 Å². The fourth-order valence-electron chi connectivity index (χ4n) is 2.70. The van der Waals surface area contributed by atoms with Gasteiger partial charge in [0.15, 0.2) is 0 Å². The Morgan fingerprint density at radius 3 is 2.33 bits per heavy atom. The lowest BCUT2D eigenvalue weighted by atomic mass is 9.93. The fraction of sp³-hybridized carbons (Fsp3) is 1.00. The summed E-state index contributed by atoms with van der Waals surface area (Å²) in [5.74, 6) is 0. The van der Waals surface area contributed by atoms with E-state index in [-0.39, 0.29) is 17.9 Å². The normalized spacial score (nSPS) is 23.2. The van der Waals surface area contributed by atoms with Crippen molar-refractivity contribution in [2.24, 2.45) is 0 Å². The number of aliphatic hydroxyl groups is 1. The zero-order chi connectivity index (χ0) is 13.0. The van der Waals surface area contributed by atoms with Crippen LogP contribution in [0.25, 0.3) is 0 Å². The minimum absolute atomic E-state index is 0.0605. The second-order valence-corrected chi connectivity index (χ2v) is 7.43. The summed E-state index contributed by atoms with van der Waals surface area (Å²) < 4.78 is 27.0. The van der Waals surface area contributed by atoms with Crippen LogP contribution in [0, 0.1) is 0 Å². The minimum atomic E-state index is -3.17. The number of nitrogens with one attached hydrogen (secondary N) is 1. The van der Waals surface area contributed by atoms with Crippen molar-refractivity contribution in [3.05, 3.63) is 0 Å². The van der Waals surface area contributed by atoms with E-state index in [4.69, 9.17) is 5.11 Å². The Labute approximate surface area is 110 Å². The SMILES string of the molecule is O=S(=O)(C1CCNCC1)N(CCCO)C1CCC1. The van der Waals surface area contributed by atoms with Gasteiger partial charge >= 0.3 is 0 Å². The van der Waals surface area contributed by atoms with Gasteiger partial charge in [0.2, 0.25) is 10.0 Å². The third kappa shape index (κ3) is 3.04. The molecule has 0 aromatic rings. The van der Waals surface area contributed by atoms with Crippen LogP contribution in [0.2, 0.25) is 0 Å². The van der Waals surface area contributed by atoms with Crippen LogP contribution in [-0.2, 0) is 10.0 Å². The van der Waals surface area contributed by atoms with E-state index in [1.165, 1.54) is 0 Å². The lowest BCUT2D eigenvalue weighted by Gasteiger charge is -2.39. The molecule has 0 unspecified atom stereocenters. The van der Waals surface area contributed by atoms with E-state index in [1.807, 2.05) is 0 Å². The van der Waals surface area contributed by atoms with Crippen molar-refractivity contribution < 1.29 is 13.5 Å². The van der Waals surface area contributed by atoms with E-state index in [9.17, 15) is 8.42 Å². The van der Waals surface area contributed by atoms with Gasteiger partial charge in [0.25, 0.3) is 0 Å². The Bertz CT molecular complexity index is 348. The largest absolute Gasteiger partial charge is 0.396 e. The summed E-state index contributed by atoms with van der Waals surface area (Å²) in [6.07, 6.45) is 5.06. The number of nitrogens with zero attached hydrogens (tertiary/aromatic N) is 1. The van der Waals surface area contributed by atoms with Crippen molar-refractivity contribution in [3.63, 3.8) is 0 Å². The van der Waals surface area contributed by atoms with Gasteiger partial charge in [-0.1, -0.05) is 6.42 Å². The third-order valence-electron chi connectivity index (χ3n) is 4.05. The zero-order valence-electron chi connectivity index (χ0n) is 10.8. The van der Waals surface area contributed by atoms with Crippen molar-refractivity contribution in [2.45, 2.75) is 49.8 Å². The molecular formula is C12H24N2O3S. The van der Waals surface area contributed by atoms with Crippen LogP contribution in [0.5, 0.6) is 0 Å². The van der Waals surface area contributed by atoms with Crippen LogP contribution in [0.4, 0.5) is 0 Å². The van der Waals surface area contributed by atoms with Gasteiger partial charge in [-0.15, -0.1) is 0 Å². The number of hydrogen-bond donors (Lipinski definition) is 2. The molecule has 0 atom stereocenters. The van der Waals surface area contributed by atoms with E-state index in [2.05, 4.69) is 5.32 Å². The van der Waals surface area contributed by atoms with Crippen molar-refractivity contribution in [3.8, 4) is 0 Å². The predicted molar refractivity (Wildman–Crippen MR) is 70.9 cm³/mol. The first-order valence-corrected chi connectivity index (χ1v) is 8.49. The molecule has 0 aromatic carbocycles. The monoisotopic (exact) mass is 276 g/mol. The van der Waals surface area contributed by atoms with Crippen LogP contribution in [-0.4, -0.2) is 55.4 Å². The molecule has 18 heavy (non-hydrogen) atoms. The Morgan fingerprint density at radius 2 is 1.83 bits per heavy atom. The molecule has 0 aromatic heterocycles. The maximum absolute atomic E-state index is 12.6. The maximum atomic E-state index is 12.6. The molecule has 1 saturated heterocycles. The molecule has 0 amide bonds. The van der Waals surface area contributed by atoms with Crippen LogP contribution in [0.3, 0.4) is 0 Å². The summed E-state index contributed by atoms with van der Waals surface area (Å²) in [5.41, 5.74) is 0. The van der Waals surface area contributed by atoms with E-state index >= 15 is 0 Å². The van der Waals surface area contributed by atoms with Crippen LogP contribution < -0.4 is 5.32 Å². The zero-order valence-corrected chi connectivity index (χ0v) is 11.7. The molecule has 0 bridgehead atoms. The molecule has 0 spiro atoms. The number of piperidine rings is 1. The summed E-state index contributed by atoms with van der Waals surface area (Å²) in [6, 6.07) is 0.191. The molecule has 106 valence electrons. The van der Waals surface area contributed by atoms with Gasteiger partial charge in [-0.3, -0.25) is 0 Å². The molecular weight excluding hydrogens is 252 g/mol. The highest BCUT2D eigenvalue weighted by Gasteiger charge is 2.38. The van der Waals surface area contributed by atoms with Gasteiger partial charge in [0, 0.05) is 19.2 Å². The maximum Gasteiger partial charge on any atom is 0.217 e. The molecule has 2 rings (SSSR count). The Balaban J connectivity index is 2.06. The topological polar surface area (TPSA) is 69.6 Å². The first-order valence-electron chi connectivity index (χ1n) is 6.98. The van der Waals surface area contributed by atoms with Gasteiger partial charge < -0.3 is 10.4 Å². The average Bonchev–Trinajstić information content (AvgIpc) is 2.33. The molecule has 1 heterocycles. The highest BCUT2D eigenvalue weighted by atomic mass is 32.2. The second-order valence-electron chi connectivity index (χ2n) is 5.27. The Kier molecular flexibility index (Phi) is 5.00. The number of sulfonamides is 1. The highest BCUT2D eigenvalue weighted by molar-refractivity contribution is 7.89. The molecule has 0 radical (unpaired) electrons. The van der Waals surface area contributed by atoms with Crippen molar-refractivity contribution in [1.29, 1.82) is 0 Å². The molecule has 5 nitrogen and oxygen atoms in total. The highest BCUT2D eigenvalue weighted by Crippen LogP contribution is 2.30. The quantitative estimate of drug-likeness (QED) is 0.732. The van der Waals surface area contributed by atoms with Gasteiger partial charge in [0.1, 0.15) is 0 Å². The lowest BCUT2D eigenvalue weighted by Crippen LogP contribution is -2.50. The summed E-state index contributed by atoms with van der Waals surface area (Å²) in [6.45, 7) is 2.13. The molecule has 1 saturated carbocycles. The minimum Gasteiger partial charge on any atom is -0.396 e. The van der Waals surface area contributed by atoms with Gasteiger partial charge in [-0.25, -0.2) is 8.42 Å². The molecule has 6 heteroatoms. The van der Waals surface area contributed by atoms with Gasteiger partial charge in [0.05, 0.1) is 5.25 Å². The summed E-state index contributed by atoms with van der Waals surface area (Å²) >= 11 is 0. The van der Waals surface area contributed by atoms with Crippen LogP contribution >= 0.6 is 0 Å². The van der Waals surface area contributed by atoms with Crippen molar-refractivity contribution in [1.82, 2.24) is 9.62 Å². The molecule has 2 aliphatic rings. The van der Waals surface area contributed by atoms with Crippen molar-refractivity contribution >= 4 is 10.0 Å². The van der Waals surface area contributed by atoms with E-state index in [1.54, 1.807) is 4.31 Å². The van der Waals surface area contributed by atoms with E-state index in [0.29, 0.717) is 25.8 Å². The predicted octanol–water partition coefficient (Wildman–Crippen LogP) is 0.305. The summed E-state index contributed by atoms with van der Waals surface area (Å²) in [5, 5.41) is 11.9. The number of rotatable bonds is 6. The standard InChI is InChI=1S/C12H24N2O3S/c15-10-2-9-14(11-3-1-4-11)18(16,17)12-5-7-13-8-6-12/h11-13,15H,1-10H2. The number of aliphatic hydroxyl groups excluding tert-OH is 1. The van der Waals surface area contributed by atoms with Crippen molar-refractivity contribution in [2.75, 3.05) is 26.2 Å². The lowest BCUT2D eigenvalue weighted by molar-refractivity contribution is 0.196. The Hall–Kier alpha value is -0.170. The molecule has 1 aliphatic carbocycles. The Morgan fingerprint density at radius 1 is 1.17 bits per heavy atom. The fourth-order valence-corrected chi connectivity index (χ4v) is 4.93. The first-order chi connectivity index (χ1) is 8.66. The number of hydrogen-bond acceptors (Lipinski definition) is 4. The molecule has 1 aliphatic heterocycles. The van der Waals surface area contributed by atoms with Crippen LogP contribution in [0.15, 0.2) is 0 Å². The summed E-state index contributed by atoms with van der Waals surface area (Å²) in [4.78, 5) is 0. The molecule has 2 fully saturated rings. The molecule has 2 N–H and O–H groups in total. The first kappa shape index (κ1) is 14.2. The summed E-state index contributed by atoms with van der Waals surface area (Å²) in [7, 11) is -3.17. The second kappa shape index (κ2) is 6.32. The van der Waals surface area contributed by atoms with Gasteiger partial charge in [-0.05, 0) is 45.2 Å². The average molecular weight is 276 g/mol. The van der Waals surface area contributed by atoms with E-state index in [0.717, 1.165) is 32.4 Å². The van der Waals surface area contributed by atoms with E-state index < -0.39 is 10.0 Å². The van der Waals surface area contributed by atoms with Crippen LogP contribution in [0.1, 0.15) is 38.5 Å².